The van der Waals surface area contributed by atoms with Crippen LogP contribution in [0.3, 0.4) is 0 Å². The zero-order valence-corrected chi connectivity index (χ0v) is 13.0. The molecule has 1 aliphatic heterocycles. The summed E-state index contributed by atoms with van der Waals surface area (Å²) in [5, 5.41) is 11.1. The summed E-state index contributed by atoms with van der Waals surface area (Å²) in [6.45, 7) is 1.30. The maximum absolute atomic E-state index is 10.3. The summed E-state index contributed by atoms with van der Waals surface area (Å²) in [5.41, 5.74) is 0. The van der Waals surface area contributed by atoms with Gasteiger partial charge in [-0.15, -0.1) is 0 Å². The Morgan fingerprint density at radius 3 is 2.53 bits per heavy atom. The van der Waals surface area contributed by atoms with Gasteiger partial charge < -0.3 is 0 Å². The first kappa shape index (κ1) is 13.9. The Balaban J connectivity index is 1.62. The van der Waals surface area contributed by atoms with Crippen LogP contribution in [0, 0.1) is 0 Å². The van der Waals surface area contributed by atoms with Crippen molar-refractivity contribution in [3.8, 4) is 0 Å². The Bertz CT molecular complexity index is 431. The molecule has 1 heterocycles. The Morgan fingerprint density at radius 1 is 1.21 bits per heavy atom. The molecule has 2 atom stereocenters. The topological polar surface area (TPSA) is 38.7 Å². The van der Waals surface area contributed by atoms with Crippen LogP contribution in [0.4, 0.5) is 0 Å². The van der Waals surface area contributed by atoms with E-state index in [1.165, 1.54) is 4.46 Å². The van der Waals surface area contributed by atoms with E-state index in [-0.39, 0.29) is 21.1 Å². The van der Waals surface area contributed by atoms with Crippen molar-refractivity contribution in [3.05, 3.63) is 29.3 Å². The molecular weight excluding hydrogens is 331 g/mol. The first-order valence-corrected chi connectivity index (χ1v) is 8.77. The summed E-state index contributed by atoms with van der Waals surface area (Å²) < 4.78 is 12.6. The molecule has 19 heavy (non-hydrogen) atoms. The molecule has 1 aromatic carbocycles. The van der Waals surface area contributed by atoms with Gasteiger partial charge in [-0.3, -0.25) is 0 Å². The molecule has 0 unspecified atom stereocenters. The molecule has 1 saturated carbocycles. The molecule has 2 fully saturated rings. The summed E-state index contributed by atoms with van der Waals surface area (Å²) in [6.07, 6.45) is 2.13. The Hall–Kier alpha value is -0.0905. The molecular formula is C14H17ClO3Se. The summed E-state index contributed by atoms with van der Waals surface area (Å²) in [6, 6.07) is 7.95. The van der Waals surface area contributed by atoms with Crippen LogP contribution in [-0.4, -0.2) is 45.2 Å². The number of hydrogen-bond acceptors (Lipinski definition) is 3. The fourth-order valence-electron chi connectivity index (χ4n) is 2.69. The van der Waals surface area contributed by atoms with E-state index >= 15 is 0 Å². The zero-order valence-electron chi connectivity index (χ0n) is 10.5. The zero-order chi connectivity index (χ0) is 13.3. The van der Waals surface area contributed by atoms with Crippen molar-refractivity contribution in [1.29, 1.82) is 0 Å². The summed E-state index contributed by atoms with van der Waals surface area (Å²) in [4.78, 5) is 0.340. The molecule has 1 aliphatic carbocycles. The maximum atomic E-state index is 10.3. The van der Waals surface area contributed by atoms with Gasteiger partial charge in [0.1, 0.15) is 0 Å². The molecule has 0 radical (unpaired) electrons. The number of halogens is 1. The minimum absolute atomic E-state index is 0.268. The normalized spacial score (nSPS) is 29.8. The number of ether oxygens (including phenoxy) is 2. The molecule has 3 rings (SSSR count). The van der Waals surface area contributed by atoms with E-state index < -0.39 is 5.79 Å². The fourth-order valence-corrected chi connectivity index (χ4v) is 5.19. The third kappa shape index (κ3) is 3.15. The number of aliphatic hydroxyl groups excluding tert-OH is 1. The van der Waals surface area contributed by atoms with Gasteiger partial charge in [-0.1, -0.05) is 0 Å². The van der Waals surface area contributed by atoms with Crippen LogP contribution in [0.1, 0.15) is 19.3 Å². The molecule has 104 valence electrons. The second-order valence-electron chi connectivity index (χ2n) is 5.03. The van der Waals surface area contributed by atoms with Crippen molar-refractivity contribution in [2.45, 2.75) is 36.0 Å². The van der Waals surface area contributed by atoms with E-state index in [9.17, 15) is 5.11 Å². The second-order valence-corrected chi connectivity index (χ2v) is 8.22. The Morgan fingerprint density at radius 2 is 1.89 bits per heavy atom. The number of rotatable bonds is 2. The van der Waals surface area contributed by atoms with Crippen LogP contribution in [0.15, 0.2) is 24.3 Å². The second kappa shape index (κ2) is 5.72. The van der Waals surface area contributed by atoms with E-state index in [1.54, 1.807) is 0 Å². The molecule has 1 saturated heterocycles. The van der Waals surface area contributed by atoms with Crippen molar-refractivity contribution < 1.29 is 14.6 Å². The van der Waals surface area contributed by atoms with E-state index in [0.717, 1.165) is 17.9 Å². The molecule has 2 aliphatic rings. The SMILES string of the molecule is O[C@@H]1CC2(CC[C@H]1[Se]c1ccc(Cl)cc1)OCCO2. The van der Waals surface area contributed by atoms with Crippen molar-refractivity contribution in [2.75, 3.05) is 13.2 Å². The van der Waals surface area contributed by atoms with Gasteiger partial charge in [0.2, 0.25) is 0 Å². The predicted octanol–water partition coefficient (Wildman–Crippen LogP) is 1.75. The van der Waals surface area contributed by atoms with E-state index in [4.69, 9.17) is 21.1 Å². The first-order valence-electron chi connectivity index (χ1n) is 6.55. The van der Waals surface area contributed by atoms with E-state index in [1.807, 2.05) is 12.1 Å². The third-order valence-corrected chi connectivity index (χ3v) is 6.86. The predicted molar refractivity (Wildman–Crippen MR) is 75.1 cm³/mol. The molecule has 1 N–H and O–H groups in total. The Kier molecular flexibility index (Phi) is 4.18. The molecule has 0 amide bonds. The van der Waals surface area contributed by atoms with Gasteiger partial charge in [-0.25, -0.2) is 0 Å². The van der Waals surface area contributed by atoms with Crippen LogP contribution in [-0.2, 0) is 9.47 Å². The average molecular weight is 348 g/mol. The third-order valence-electron chi connectivity index (χ3n) is 3.67. The Labute approximate surface area is 124 Å². The van der Waals surface area contributed by atoms with E-state index in [2.05, 4.69) is 12.1 Å². The van der Waals surface area contributed by atoms with Crippen LogP contribution in [0.5, 0.6) is 0 Å². The van der Waals surface area contributed by atoms with Crippen molar-refractivity contribution in [1.82, 2.24) is 0 Å². The van der Waals surface area contributed by atoms with Gasteiger partial charge in [-0.2, -0.15) is 0 Å². The minimum atomic E-state index is -0.494. The van der Waals surface area contributed by atoms with Crippen LogP contribution in [0.25, 0.3) is 0 Å². The molecule has 1 spiro atoms. The summed E-state index contributed by atoms with van der Waals surface area (Å²) in [5.74, 6) is -0.494. The molecule has 3 nitrogen and oxygen atoms in total. The first-order chi connectivity index (χ1) is 9.17. The van der Waals surface area contributed by atoms with Crippen molar-refractivity contribution in [2.24, 2.45) is 0 Å². The van der Waals surface area contributed by atoms with Crippen molar-refractivity contribution in [3.63, 3.8) is 0 Å². The van der Waals surface area contributed by atoms with Gasteiger partial charge in [0, 0.05) is 0 Å². The quantitative estimate of drug-likeness (QED) is 0.828. The van der Waals surface area contributed by atoms with Gasteiger partial charge >= 0.3 is 124 Å². The molecule has 0 aromatic heterocycles. The van der Waals surface area contributed by atoms with E-state index in [0.29, 0.717) is 24.5 Å². The number of hydrogen-bond donors (Lipinski definition) is 1. The summed E-state index contributed by atoms with van der Waals surface area (Å²) >= 11 is 6.16. The standard InChI is InChI=1S/C14H17ClO3Se/c15-10-1-3-11(4-2-10)19-13-5-6-14(9-12(13)16)17-7-8-18-14/h1-4,12-13,16H,5-9H2/t12-,13-/m1/s1. The fraction of sp³-hybridized carbons (Fsp3) is 0.571. The average Bonchev–Trinajstić information content (AvgIpc) is 2.84. The van der Waals surface area contributed by atoms with Crippen LogP contribution < -0.4 is 4.46 Å². The molecule has 0 bridgehead atoms. The molecule has 1 aromatic rings. The molecule has 5 heteroatoms. The number of benzene rings is 1. The van der Waals surface area contributed by atoms with Crippen LogP contribution in [0.2, 0.25) is 9.84 Å². The van der Waals surface area contributed by atoms with Gasteiger partial charge in [0.05, 0.1) is 0 Å². The number of aliphatic hydroxyl groups is 1. The van der Waals surface area contributed by atoms with Gasteiger partial charge in [0.15, 0.2) is 0 Å². The monoisotopic (exact) mass is 348 g/mol. The summed E-state index contributed by atoms with van der Waals surface area (Å²) in [7, 11) is 0. The van der Waals surface area contributed by atoms with Gasteiger partial charge in [-0.05, 0) is 0 Å². The van der Waals surface area contributed by atoms with Crippen LogP contribution >= 0.6 is 11.6 Å². The van der Waals surface area contributed by atoms with Gasteiger partial charge in [0.25, 0.3) is 0 Å². The van der Waals surface area contributed by atoms with Crippen molar-refractivity contribution >= 4 is 31.0 Å².